The van der Waals surface area contributed by atoms with Crippen LogP contribution in [0.4, 0.5) is 0 Å². The number of aliphatic hydroxyl groups is 1. The van der Waals surface area contributed by atoms with E-state index in [4.69, 9.17) is 4.99 Å². The van der Waals surface area contributed by atoms with Gasteiger partial charge in [-0.25, -0.2) is 9.57 Å². The second-order valence-corrected chi connectivity index (χ2v) is 7.11. The van der Waals surface area contributed by atoms with Crippen molar-refractivity contribution in [3.8, 4) is 0 Å². The molecule has 1 atom stereocenters. The van der Waals surface area contributed by atoms with Crippen LogP contribution in [0, 0.1) is 0 Å². The van der Waals surface area contributed by atoms with Crippen LogP contribution < -0.4 is 0 Å². The van der Waals surface area contributed by atoms with Crippen molar-refractivity contribution in [2.45, 2.75) is 26.8 Å². The Morgan fingerprint density at radius 1 is 1.18 bits per heavy atom. The lowest BCUT2D eigenvalue weighted by molar-refractivity contribution is -0.525. The van der Waals surface area contributed by atoms with Gasteiger partial charge in [-0.2, -0.15) is 0 Å². The van der Waals surface area contributed by atoms with Gasteiger partial charge < -0.3 is 10.0 Å². The van der Waals surface area contributed by atoms with E-state index in [-0.39, 0.29) is 18.4 Å². The molecule has 5 heteroatoms. The Bertz CT molecular complexity index is 920. The van der Waals surface area contributed by atoms with Crippen LogP contribution >= 0.6 is 0 Å². The highest BCUT2D eigenvalue weighted by molar-refractivity contribution is 6.21. The molecule has 0 aromatic heterocycles. The van der Waals surface area contributed by atoms with Crippen LogP contribution in [0.25, 0.3) is 0 Å². The Balaban J connectivity index is 1.92. The lowest BCUT2D eigenvalue weighted by atomic mass is 10.0. The van der Waals surface area contributed by atoms with Crippen molar-refractivity contribution in [2.75, 3.05) is 26.7 Å². The Kier molecular flexibility index (Phi) is 6.05. The summed E-state index contributed by atoms with van der Waals surface area (Å²) < 4.78 is 2.11. The minimum absolute atomic E-state index is 0.0325. The van der Waals surface area contributed by atoms with Gasteiger partial charge in [0.05, 0.1) is 5.71 Å². The highest BCUT2D eigenvalue weighted by atomic mass is 16.3. The molecular formula is C23H28N3O2+. The summed E-state index contributed by atoms with van der Waals surface area (Å²) in [6.45, 7) is 7.55. The first-order chi connectivity index (χ1) is 13.5. The van der Waals surface area contributed by atoms with Gasteiger partial charge in [0.15, 0.2) is 12.3 Å². The van der Waals surface area contributed by atoms with E-state index in [1.54, 1.807) is 0 Å². The maximum Gasteiger partial charge on any atom is 0.209 e. The maximum absolute atomic E-state index is 13.1. The Morgan fingerprint density at radius 3 is 2.50 bits per heavy atom. The molecule has 1 heterocycles. The maximum atomic E-state index is 13.1. The fourth-order valence-corrected chi connectivity index (χ4v) is 3.66. The van der Waals surface area contributed by atoms with Crippen LogP contribution in [-0.2, 0) is 4.79 Å². The molecule has 1 unspecified atom stereocenters. The van der Waals surface area contributed by atoms with E-state index >= 15 is 0 Å². The lowest BCUT2D eigenvalue weighted by Gasteiger charge is -2.22. The molecule has 3 rings (SSSR count). The molecule has 1 aliphatic carbocycles. The predicted octanol–water partition coefficient (Wildman–Crippen LogP) is 2.90. The summed E-state index contributed by atoms with van der Waals surface area (Å²) in [6, 6.07) is 9.51. The fraction of sp³-hybridized carbons (Fsp3) is 0.348. The number of allylic oxidation sites excluding steroid dienone is 5. The number of benzene rings is 1. The molecule has 0 radical (unpaired) electrons. The third kappa shape index (κ3) is 3.76. The van der Waals surface area contributed by atoms with E-state index in [1.165, 1.54) is 0 Å². The third-order valence-corrected chi connectivity index (χ3v) is 5.39. The first-order valence-electron chi connectivity index (χ1n) is 9.69. The normalized spacial score (nSPS) is 23.0. The number of rotatable bonds is 5. The van der Waals surface area contributed by atoms with Crippen molar-refractivity contribution >= 4 is 17.2 Å². The zero-order chi connectivity index (χ0) is 20.3. The molecule has 5 nitrogen and oxygen atoms in total. The number of Topliss-reactive ketones (excluding diaryl/α,β-unsaturated/α-hetero) is 1. The molecule has 0 saturated carbocycles. The summed E-state index contributed by atoms with van der Waals surface area (Å²) >= 11 is 0. The van der Waals surface area contributed by atoms with Crippen LogP contribution in [0.5, 0.6) is 0 Å². The molecule has 1 N–H and O–H groups in total. The summed E-state index contributed by atoms with van der Waals surface area (Å²) in [7, 11) is 1.94. The van der Waals surface area contributed by atoms with Crippen molar-refractivity contribution in [3.05, 3.63) is 71.1 Å². The van der Waals surface area contributed by atoms with Crippen molar-refractivity contribution < 1.29 is 14.5 Å². The van der Waals surface area contributed by atoms with Crippen LogP contribution in [-0.4, -0.2) is 58.5 Å². The zero-order valence-corrected chi connectivity index (χ0v) is 17.0. The molecule has 146 valence electrons. The smallest absolute Gasteiger partial charge is 0.209 e. The van der Waals surface area contributed by atoms with E-state index in [0.717, 1.165) is 34.8 Å². The molecule has 0 amide bonds. The van der Waals surface area contributed by atoms with Crippen LogP contribution in [0.3, 0.4) is 0 Å². The van der Waals surface area contributed by atoms with Crippen LogP contribution in [0.2, 0.25) is 0 Å². The summed E-state index contributed by atoms with van der Waals surface area (Å²) in [4.78, 5) is 19.9. The number of hydrogen-bond acceptors (Lipinski definition) is 4. The molecular weight excluding hydrogens is 350 g/mol. The summed E-state index contributed by atoms with van der Waals surface area (Å²) in [6.07, 6.45) is 6.01. The van der Waals surface area contributed by atoms with E-state index in [2.05, 4.69) is 17.6 Å². The van der Waals surface area contributed by atoms with Crippen LogP contribution in [0.1, 0.15) is 32.4 Å². The summed E-state index contributed by atoms with van der Waals surface area (Å²) in [5.41, 5.74) is 5.25. The molecule has 2 aliphatic rings. The largest absolute Gasteiger partial charge is 0.390 e. The fourth-order valence-electron chi connectivity index (χ4n) is 3.66. The molecule has 0 fully saturated rings. The monoisotopic (exact) mass is 378 g/mol. The number of hydrogen-bond donors (Lipinski definition) is 1. The average molecular weight is 378 g/mol. The van der Waals surface area contributed by atoms with Gasteiger partial charge in [0, 0.05) is 24.9 Å². The molecule has 0 bridgehead atoms. The standard InChI is InChI=1S/C23H28N3O2/c1-5-26(13-14-27)19-11-12-20(16(2)15-19)24-21-17(3)25(4)22(23(21)28)18-9-7-6-8-10-18/h6-12,15,22,27H,5,13-14H2,1-4H3/q+1. The second kappa shape index (κ2) is 8.48. The Morgan fingerprint density at radius 2 is 1.89 bits per heavy atom. The highest BCUT2D eigenvalue weighted by Gasteiger charge is 2.36. The van der Waals surface area contributed by atoms with Gasteiger partial charge in [0.25, 0.3) is 0 Å². The van der Waals surface area contributed by atoms with E-state index in [1.807, 2.05) is 68.3 Å². The Hall–Kier alpha value is -2.79. The number of ketones is 1. The number of nitrogens with zero attached hydrogens (tertiary/aromatic N) is 3. The molecule has 1 aromatic carbocycles. The minimum atomic E-state index is -0.320. The number of carbonyl (C=O) groups excluding carboxylic acids is 1. The number of aliphatic hydroxyl groups excluding tert-OH is 1. The molecule has 0 spiro atoms. The molecule has 1 aliphatic heterocycles. The Labute approximate surface area is 166 Å². The van der Waals surface area contributed by atoms with Gasteiger partial charge in [0.2, 0.25) is 5.78 Å². The zero-order valence-electron chi connectivity index (χ0n) is 17.0. The lowest BCUT2D eigenvalue weighted by Crippen LogP contribution is -2.24. The van der Waals surface area contributed by atoms with E-state index in [0.29, 0.717) is 12.2 Å². The number of likely N-dealkylation sites (N-methyl/N-ethyl adjacent to an activating group) is 2. The summed E-state index contributed by atoms with van der Waals surface area (Å²) in [5.74, 6) is 0.0325. The van der Waals surface area contributed by atoms with E-state index in [9.17, 15) is 9.90 Å². The summed E-state index contributed by atoms with van der Waals surface area (Å²) in [5, 5.41) is 9.24. The molecule has 1 aromatic rings. The molecule has 0 saturated heterocycles. The predicted molar refractivity (Wildman–Crippen MR) is 113 cm³/mol. The second-order valence-electron chi connectivity index (χ2n) is 7.11. The number of carbonyl (C=O) groups is 1. The van der Waals surface area contributed by atoms with Gasteiger partial charge in [-0.05, 0) is 38.0 Å². The van der Waals surface area contributed by atoms with Gasteiger partial charge in [-0.15, -0.1) is 0 Å². The van der Waals surface area contributed by atoms with Crippen molar-refractivity contribution in [1.82, 2.24) is 4.90 Å². The molecule has 28 heavy (non-hydrogen) atoms. The minimum Gasteiger partial charge on any atom is -0.390 e. The van der Waals surface area contributed by atoms with E-state index < -0.39 is 0 Å². The van der Waals surface area contributed by atoms with Crippen molar-refractivity contribution in [1.29, 1.82) is 0 Å². The van der Waals surface area contributed by atoms with Gasteiger partial charge >= 0.3 is 0 Å². The SMILES string of the molecule is CC/[N+](CCO)=C1/C=CC(=NC2=C(C)N(C)C(c3ccccc3)C2=O)C(C)=C1. The third-order valence-electron chi connectivity index (χ3n) is 5.39. The number of aliphatic imine (C=N–C) groups is 1. The van der Waals surface area contributed by atoms with Gasteiger partial charge in [-0.3, -0.25) is 4.79 Å². The highest BCUT2D eigenvalue weighted by Crippen LogP contribution is 2.35. The average Bonchev–Trinajstić information content (AvgIpc) is 2.91. The van der Waals surface area contributed by atoms with Crippen LogP contribution in [0.15, 0.2) is 70.5 Å². The first-order valence-corrected chi connectivity index (χ1v) is 9.69. The van der Waals surface area contributed by atoms with Crippen molar-refractivity contribution in [3.63, 3.8) is 0 Å². The first kappa shape index (κ1) is 20.0. The van der Waals surface area contributed by atoms with Crippen molar-refractivity contribution in [2.24, 2.45) is 4.99 Å². The quantitative estimate of drug-likeness (QED) is 0.633. The van der Waals surface area contributed by atoms with Gasteiger partial charge in [-0.1, -0.05) is 30.3 Å². The topological polar surface area (TPSA) is 55.9 Å². The van der Waals surface area contributed by atoms with Gasteiger partial charge in [0.1, 0.15) is 24.9 Å².